The van der Waals surface area contributed by atoms with Gasteiger partial charge in [-0.1, -0.05) is 23.2 Å². The van der Waals surface area contributed by atoms with Gasteiger partial charge in [0, 0.05) is 15.3 Å². The zero-order valence-electron chi connectivity index (χ0n) is 6.79. The van der Waals surface area contributed by atoms with Crippen LogP contribution in [0, 0.1) is 0 Å². The fraction of sp³-hybridized carbons (Fsp3) is 0.250. The fourth-order valence-corrected chi connectivity index (χ4v) is 1.86. The maximum absolute atomic E-state index is 10.7. The maximum atomic E-state index is 10.7. The van der Waals surface area contributed by atoms with Crippen LogP contribution in [0.4, 0.5) is 0 Å². The Morgan fingerprint density at radius 3 is 2.62 bits per heavy atom. The van der Waals surface area contributed by atoms with Crippen LogP contribution in [0.25, 0.3) is 0 Å². The molecule has 72 valence electrons. The molecule has 0 bridgehead atoms. The van der Waals surface area contributed by atoms with Crippen LogP contribution < -0.4 is 0 Å². The molecule has 1 aromatic carbocycles. The monoisotopic (exact) mass is 237 g/mol. The van der Waals surface area contributed by atoms with Crippen LogP contribution in [0.5, 0.6) is 0 Å². The van der Waals surface area contributed by atoms with E-state index in [0.29, 0.717) is 15.6 Å². The van der Waals surface area contributed by atoms with Crippen molar-refractivity contribution in [3.8, 4) is 0 Å². The van der Waals surface area contributed by atoms with Crippen LogP contribution in [0.3, 0.4) is 0 Å². The van der Waals surface area contributed by atoms with Gasteiger partial charge in [-0.15, -0.1) is 0 Å². The van der Waals surface area contributed by atoms with Crippen LogP contribution >= 0.6 is 23.2 Å². The lowest BCUT2D eigenvalue weighted by atomic mass is 10.2. The average Bonchev–Trinajstić information content (AvgIpc) is 2.08. The van der Waals surface area contributed by atoms with Gasteiger partial charge in [0.2, 0.25) is 0 Å². The second-order valence-electron chi connectivity index (χ2n) is 2.57. The van der Waals surface area contributed by atoms with E-state index in [2.05, 4.69) is 0 Å². The number of benzene rings is 1. The summed E-state index contributed by atoms with van der Waals surface area (Å²) >= 11 is 9.34. The lowest BCUT2D eigenvalue weighted by Crippen LogP contribution is -2.01. The Hall–Kier alpha value is -0.0900. The highest BCUT2D eigenvalue weighted by Gasteiger charge is 2.10. The normalized spacial score (nSPS) is 15.4. The van der Waals surface area contributed by atoms with E-state index in [1.54, 1.807) is 25.1 Å². The van der Waals surface area contributed by atoms with Crippen molar-refractivity contribution < 1.29 is 8.76 Å². The Kier molecular flexibility index (Phi) is 3.74. The van der Waals surface area contributed by atoms with E-state index in [1.807, 2.05) is 0 Å². The van der Waals surface area contributed by atoms with Gasteiger partial charge < -0.3 is 4.55 Å². The molecule has 0 fully saturated rings. The van der Waals surface area contributed by atoms with Crippen molar-refractivity contribution in [2.45, 2.75) is 12.2 Å². The van der Waals surface area contributed by atoms with E-state index in [9.17, 15) is 8.76 Å². The van der Waals surface area contributed by atoms with Crippen molar-refractivity contribution in [2.75, 3.05) is 0 Å². The van der Waals surface area contributed by atoms with Crippen molar-refractivity contribution in [3.05, 3.63) is 33.8 Å². The van der Waals surface area contributed by atoms with Gasteiger partial charge in [0.15, 0.2) is 0 Å². The number of rotatable bonds is 2. The van der Waals surface area contributed by atoms with Crippen LogP contribution in [0.1, 0.15) is 17.7 Å². The predicted molar refractivity (Wildman–Crippen MR) is 53.8 cm³/mol. The van der Waals surface area contributed by atoms with Gasteiger partial charge in [0.25, 0.3) is 0 Å². The first-order valence-electron chi connectivity index (χ1n) is 3.55. The third-order valence-corrected chi connectivity index (χ3v) is 3.10. The Bertz CT molecular complexity index is 341. The molecular weight excluding hydrogens is 231 g/mol. The Morgan fingerprint density at radius 2 is 2.08 bits per heavy atom. The summed E-state index contributed by atoms with van der Waals surface area (Å²) in [5.74, 6) is 0. The standard InChI is InChI=1S/C8H8Cl2O2S/c1-5(13(11)12)7-4-6(9)2-3-8(7)10/h2-5H,1H3,(H,11,12)/p-1. The summed E-state index contributed by atoms with van der Waals surface area (Å²) in [4.78, 5) is 0. The lowest BCUT2D eigenvalue weighted by molar-refractivity contribution is 0.527. The molecule has 0 aliphatic heterocycles. The second kappa shape index (κ2) is 4.42. The molecular formula is C8H7Cl2O2S-. The highest BCUT2D eigenvalue weighted by atomic mass is 35.5. The predicted octanol–water partition coefficient (Wildman–Crippen LogP) is 2.93. The van der Waals surface area contributed by atoms with E-state index < -0.39 is 16.3 Å². The minimum Gasteiger partial charge on any atom is -0.772 e. The molecule has 0 radical (unpaired) electrons. The summed E-state index contributed by atoms with van der Waals surface area (Å²) in [6.45, 7) is 1.56. The highest BCUT2D eigenvalue weighted by molar-refractivity contribution is 7.79. The summed E-state index contributed by atoms with van der Waals surface area (Å²) in [5, 5.41) is 0.268. The molecule has 1 aromatic rings. The Morgan fingerprint density at radius 1 is 1.46 bits per heavy atom. The van der Waals surface area contributed by atoms with Gasteiger partial charge in [-0.05, 0) is 41.8 Å². The van der Waals surface area contributed by atoms with Crippen molar-refractivity contribution in [1.82, 2.24) is 0 Å². The van der Waals surface area contributed by atoms with Crippen LogP contribution in [0.2, 0.25) is 10.0 Å². The largest absolute Gasteiger partial charge is 0.772 e. The quantitative estimate of drug-likeness (QED) is 0.743. The van der Waals surface area contributed by atoms with Gasteiger partial charge in [-0.25, -0.2) is 0 Å². The Balaban J connectivity index is 3.12. The Labute approximate surface area is 89.1 Å². The van der Waals surface area contributed by atoms with E-state index in [0.717, 1.165) is 0 Å². The molecule has 0 saturated heterocycles. The molecule has 5 heteroatoms. The molecule has 0 N–H and O–H groups in total. The minimum absolute atomic E-state index is 0.418. The van der Waals surface area contributed by atoms with Gasteiger partial charge in [-0.3, -0.25) is 4.21 Å². The van der Waals surface area contributed by atoms with Crippen LogP contribution in [-0.2, 0) is 11.1 Å². The van der Waals surface area contributed by atoms with Gasteiger partial charge in [0.05, 0.1) is 0 Å². The zero-order valence-corrected chi connectivity index (χ0v) is 9.12. The third kappa shape index (κ3) is 2.68. The molecule has 2 unspecified atom stereocenters. The molecule has 2 atom stereocenters. The minimum atomic E-state index is -2.17. The molecule has 2 nitrogen and oxygen atoms in total. The first-order valence-corrected chi connectivity index (χ1v) is 5.45. The summed E-state index contributed by atoms with van der Waals surface area (Å²) in [5.41, 5.74) is 0.530. The van der Waals surface area contributed by atoms with E-state index in [1.165, 1.54) is 0 Å². The average molecular weight is 238 g/mol. The molecule has 0 aliphatic rings. The molecule has 1 rings (SSSR count). The van der Waals surface area contributed by atoms with Gasteiger partial charge in [0.1, 0.15) is 0 Å². The first-order chi connectivity index (χ1) is 6.02. The molecule has 0 aromatic heterocycles. The lowest BCUT2D eigenvalue weighted by Gasteiger charge is -2.16. The van der Waals surface area contributed by atoms with Crippen molar-refractivity contribution in [3.63, 3.8) is 0 Å². The van der Waals surface area contributed by atoms with Gasteiger partial charge in [-0.2, -0.15) is 0 Å². The summed E-state index contributed by atoms with van der Waals surface area (Å²) < 4.78 is 21.3. The van der Waals surface area contributed by atoms with E-state index >= 15 is 0 Å². The van der Waals surface area contributed by atoms with Crippen molar-refractivity contribution in [2.24, 2.45) is 0 Å². The van der Waals surface area contributed by atoms with E-state index in [-0.39, 0.29) is 0 Å². The zero-order chi connectivity index (χ0) is 10.0. The van der Waals surface area contributed by atoms with E-state index in [4.69, 9.17) is 23.2 Å². The molecule has 0 spiro atoms. The van der Waals surface area contributed by atoms with Crippen molar-refractivity contribution in [1.29, 1.82) is 0 Å². The SMILES string of the molecule is CC(c1cc(Cl)ccc1Cl)S(=O)[O-]. The van der Waals surface area contributed by atoms with Gasteiger partial charge >= 0.3 is 0 Å². The topological polar surface area (TPSA) is 40.1 Å². The number of hydrogen-bond acceptors (Lipinski definition) is 2. The molecule has 0 amide bonds. The highest BCUT2D eigenvalue weighted by Crippen LogP contribution is 2.28. The number of halogens is 2. The molecule has 13 heavy (non-hydrogen) atoms. The molecule has 0 heterocycles. The first kappa shape index (κ1) is 11.0. The van der Waals surface area contributed by atoms with Crippen LogP contribution in [0.15, 0.2) is 18.2 Å². The summed E-state index contributed by atoms with van der Waals surface area (Å²) in [6, 6.07) is 4.76. The smallest absolute Gasteiger partial charge is 0.0452 e. The maximum Gasteiger partial charge on any atom is 0.0452 e. The molecule has 0 saturated carbocycles. The second-order valence-corrected chi connectivity index (χ2v) is 4.64. The third-order valence-electron chi connectivity index (χ3n) is 1.68. The van der Waals surface area contributed by atoms with Crippen molar-refractivity contribution >= 4 is 34.3 Å². The summed E-state index contributed by atoms with van der Waals surface area (Å²) in [6.07, 6.45) is 0. The van der Waals surface area contributed by atoms with Crippen LogP contribution in [-0.4, -0.2) is 8.76 Å². The summed E-state index contributed by atoms with van der Waals surface area (Å²) in [7, 11) is 0. The molecule has 0 aliphatic carbocycles. The number of hydrogen-bond donors (Lipinski definition) is 0. The fourth-order valence-electron chi connectivity index (χ4n) is 0.930.